The van der Waals surface area contributed by atoms with Gasteiger partial charge >= 0.3 is 5.97 Å². The molecule has 15 heavy (non-hydrogen) atoms. The number of allylic oxidation sites excluding steroid dienone is 3. The molecule has 3 heteroatoms. The van der Waals surface area contributed by atoms with E-state index in [0.29, 0.717) is 12.5 Å². The summed E-state index contributed by atoms with van der Waals surface area (Å²) in [6.07, 6.45) is 6.17. The minimum absolute atomic E-state index is 0.0250. The van der Waals surface area contributed by atoms with E-state index in [2.05, 4.69) is 17.5 Å². The maximum absolute atomic E-state index is 11.6. The van der Waals surface area contributed by atoms with E-state index in [4.69, 9.17) is 4.74 Å². The van der Waals surface area contributed by atoms with Crippen LogP contribution in [0.25, 0.3) is 0 Å². The van der Waals surface area contributed by atoms with E-state index in [1.807, 2.05) is 13.1 Å². The quantitative estimate of drug-likeness (QED) is 0.684. The van der Waals surface area contributed by atoms with Crippen LogP contribution >= 0.6 is 0 Å². The largest absolute Gasteiger partial charge is 0.466 e. The first-order valence-corrected chi connectivity index (χ1v) is 5.34. The molecule has 0 aromatic heterocycles. The van der Waals surface area contributed by atoms with E-state index >= 15 is 0 Å². The summed E-state index contributed by atoms with van der Waals surface area (Å²) in [6, 6.07) is 0. The van der Waals surface area contributed by atoms with Crippen molar-refractivity contribution < 1.29 is 9.53 Å². The number of hydrogen-bond donors (Lipinski definition) is 1. The third-order valence-corrected chi connectivity index (χ3v) is 3.22. The van der Waals surface area contributed by atoms with Gasteiger partial charge in [0, 0.05) is 12.5 Å². The van der Waals surface area contributed by atoms with Gasteiger partial charge in [-0.2, -0.15) is 0 Å². The molecule has 0 aromatic rings. The fourth-order valence-electron chi connectivity index (χ4n) is 2.50. The molecule has 0 saturated heterocycles. The molecule has 3 nitrogen and oxygen atoms in total. The maximum Gasteiger partial charge on any atom is 0.314 e. The monoisotopic (exact) mass is 203 g/mol. The number of dihydropyridines is 1. The van der Waals surface area contributed by atoms with Gasteiger partial charge in [-0.3, -0.25) is 4.79 Å². The molecule has 0 radical (unpaired) electrons. The van der Waals surface area contributed by atoms with Gasteiger partial charge in [-0.05, 0) is 35.9 Å². The second-order valence-corrected chi connectivity index (χ2v) is 4.05. The summed E-state index contributed by atoms with van der Waals surface area (Å²) in [5, 5.41) is 3.18. The van der Waals surface area contributed by atoms with Crippen LogP contribution in [0, 0.1) is 11.8 Å². The van der Waals surface area contributed by atoms with Crippen LogP contribution in [0.2, 0.25) is 0 Å². The van der Waals surface area contributed by atoms with Crippen LogP contribution in [0.15, 0.2) is 35.1 Å². The topological polar surface area (TPSA) is 38.3 Å². The lowest BCUT2D eigenvalue weighted by Gasteiger charge is -2.13. The molecule has 0 spiro atoms. The molecule has 3 rings (SSSR count). The summed E-state index contributed by atoms with van der Waals surface area (Å²) in [5.41, 5.74) is 3.88. The van der Waals surface area contributed by atoms with E-state index in [9.17, 15) is 4.79 Å². The van der Waals surface area contributed by atoms with E-state index in [1.165, 1.54) is 16.7 Å². The first kappa shape index (κ1) is 8.77. The van der Waals surface area contributed by atoms with Crippen LogP contribution in [0.3, 0.4) is 0 Å². The zero-order chi connectivity index (χ0) is 10.4. The minimum Gasteiger partial charge on any atom is -0.466 e. The molecule has 1 aliphatic heterocycles. The first-order chi connectivity index (χ1) is 7.33. The summed E-state index contributed by atoms with van der Waals surface area (Å²) in [5.74, 6) is 0.309. The number of carbonyl (C=O) groups excluding carboxylic acids is 1. The van der Waals surface area contributed by atoms with Crippen molar-refractivity contribution in [1.82, 2.24) is 5.32 Å². The highest BCUT2D eigenvalue weighted by atomic mass is 16.5. The van der Waals surface area contributed by atoms with Crippen molar-refractivity contribution in [2.75, 3.05) is 13.2 Å². The van der Waals surface area contributed by atoms with Gasteiger partial charge in [0.25, 0.3) is 0 Å². The van der Waals surface area contributed by atoms with Gasteiger partial charge in [0.15, 0.2) is 0 Å². The summed E-state index contributed by atoms with van der Waals surface area (Å²) < 4.78 is 5.04. The van der Waals surface area contributed by atoms with E-state index < -0.39 is 0 Å². The van der Waals surface area contributed by atoms with Gasteiger partial charge in [-0.1, -0.05) is 6.08 Å². The third-order valence-electron chi connectivity index (χ3n) is 3.22. The Bertz CT molecular complexity index is 417. The summed E-state index contributed by atoms with van der Waals surface area (Å²) >= 11 is 0. The Labute approximate surface area is 88.5 Å². The number of esters is 1. The Morgan fingerprint density at radius 2 is 2.53 bits per heavy atom. The summed E-state index contributed by atoms with van der Waals surface area (Å²) in [6.45, 7) is 3.19. The molecule has 0 bridgehead atoms. The molecular weight excluding hydrogens is 190 g/mol. The zero-order valence-corrected chi connectivity index (χ0v) is 8.62. The standard InChI is InChI=1S/C12H13NO2/c1-2-15-12(14)11-8-5-7-3-4-13-6-9(7)10(8)11/h3-5,10-11,13H,2,6H2,1H3. The number of rotatable bonds is 2. The lowest BCUT2D eigenvalue weighted by Crippen LogP contribution is -2.18. The molecule has 0 aromatic carbocycles. The summed E-state index contributed by atoms with van der Waals surface area (Å²) in [7, 11) is 0. The van der Waals surface area contributed by atoms with Gasteiger partial charge in [-0.25, -0.2) is 0 Å². The van der Waals surface area contributed by atoms with Crippen molar-refractivity contribution in [1.29, 1.82) is 0 Å². The molecule has 1 fully saturated rings. The van der Waals surface area contributed by atoms with E-state index in [-0.39, 0.29) is 11.9 Å². The fraction of sp³-hybridized carbons (Fsp3) is 0.417. The Morgan fingerprint density at radius 3 is 3.33 bits per heavy atom. The molecule has 1 N–H and O–H groups in total. The average molecular weight is 203 g/mol. The van der Waals surface area contributed by atoms with Crippen LogP contribution in [-0.4, -0.2) is 19.1 Å². The van der Waals surface area contributed by atoms with Crippen LogP contribution in [0.1, 0.15) is 6.92 Å². The molecule has 1 saturated carbocycles. The number of carbonyl (C=O) groups is 1. The summed E-state index contributed by atoms with van der Waals surface area (Å²) in [4.78, 5) is 11.6. The zero-order valence-electron chi connectivity index (χ0n) is 8.62. The second-order valence-electron chi connectivity index (χ2n) is 4.05. The van der Waals surface area contributed by atoms with Gasteiger partial charge in [0.05, 0.1) is 12.5 Å². The van der Waals surface area contributed by atoms with Crippen molar-refractivity contribution in [3.8, 4) is 0 Å². The lowest BCUT2D eigenvalue weighted by atomic mass is 10.0. The number of hydrogen-bond acceptors (Lipinski definition) is 3. The second kappa shape index (κ2) is 2.99. The Balaban J connectivity index is 1.78. The van der Waals surface area contributed by atoms with Crippen molar-refractivity contribution in [3.63, 3.8) is 0 Å². The molecule has 1 heterocycles. The normalized spacial score (nSPS) is 30.3. The fourth-order valence-corrected chi connectivity index (χ4v) is 2.50. The number of nitrogens with one attached hydrogen (secondary N) is 1. The van der Waals surface area contributed by atoms with Crippen LogP contribution < -0.4 is 5.32 Å². The van der Waals surface area contributed by atoms with Crippen LogP contribution in [0.4, 0.5) is 0 Å². The highest BCUT2D eigenvalue weighted by molar-refractivity contribution is 5.86. The minimum atomic E-state index is -0.0603. The molecule has 0 amide bonds. The van der Waals surface area contributed by atoms with Gasteiger partial charge in [0.1, 0.15) is 0 Å². The Hall–Kier alpha value is -1.51. The molecule has 2 unspecified atom stereocenters. The molecule has 78 valence electrons. The highest BCUT2D eigenvalue weighted by Gasteiger charge is 2.55. The highest BCUT2D eigenvalue weighted by Crippen LogP contribution is 2.56. The van der Waals surface area contributed by atoms with Crippen molar-refractivity contribution in [2.24, 2.45) is 11.8 Å². The van der Waals surface area contributed by atoms with Crippen molar-refractivity contribution in [2.45, 2.75) is 6.92 Å². The SMILES string of the molecule is CCOC(=O)C1C2=CC3=C(CNC=C3)C21. The molecule has 3 aliphatic rings. The molecule has 2 atom stereocenters. The molecule has 2 aliphatic carbocycles. The average Bonchev–Trinajstić information content (AvgIpc) is 2.83. The third kappa shape index (κ3) is 1.16. The van der Waals surface area contributed by atoms with Gasteiger partial charge in [0.2, 0.25) is 0 Å². The number of ether oxygens (including phenoxy) is 1. The van der Waals surface area contributed by atoms with E-state index in [1.54, 1.807) is 0 Å². The number of fused-ring (bicyclic) bond motifs is 2. The van der Waals surface area contributed by atoms with Gasteiger partial charge < -0.3 is 10.1 Å². The smallest absolute Gasteiger partial charge is 0.314 e. The predicted octanol–water partition coefficient (Wildman–Crippen LogP) is 1.15. The van der Waals surface area contributed by atoms with Crippen molar-refractivity contribution >= 4 is 5.97 Å². The Morgan fingerprint density at radius 1 is 1.67 bits per heavy atom. The predicted molar refractivity (Wildman–Crippen MR) is 55.9 cm³/mol. The van der Waals surface area contributed by atoms with Crippen LogP contribution in [0.5, 0.6) is 0 Å². The Kier molecular flexibility index (Phi) is 1.75. The van der Waals surface area contributed by atoms with Gasteiger partial charge in [-0.15, -0.1) is 0 Å². The molecular formula is C12H13NO2. The first-order valence-electron chi connectivity index (χ1n) is 5.34. The van der Waals surface area contributed by atoms with Crippen LogP contribution in [-0.2, 0) is 9.53 Å². The lowest BCUT2D eigenvalue weighted by molar-refractivity contribution is -0.144. The maximum atomic E-state index is 11.6. The van der Waals surface area contributed by atoms with Crippen molar-refractivity contribution in [3.05, 3.63) is 35.1 Å². The van der Waals surface area contributed by atoms with E-state index in [0.717, 1.165) is 6.54 Å².